The average Bonchev–Trinajstić information content (AvgIpc) is 3.06. The Labute approximate surface area is 176 Å². The molecule has 0 spiro atoms. The lowest BCUT2D eigenvalue weighted by Gasteiger charge is -2.19. The van der Waals surface area contributed by atoms with E-state index in [0.717, 1.165) is 34.1 Å². The Bertz CT molecular complexity index is 916. The van der Waals surface area contributed by atoms with Crippen molar-refractivity contribution in [3.05, 3.63) is 70.5 Å². The van der Waals surface area contributed by atoms with Gasteiger partial charge in [-0.2, -0.15) is 0 Å². The molecule has 0 atom stereocenters. The second-order valence-corrected chi connectivity index (χ2v) is 9.00. The Balaban J connectivity index is 1.63. The molecule has 0 bridgehead atoms. The van der Waals surface area contributed by atoms with Crippen molar-refractivity contribution in [3.63, 3.8) is 0 Å². The number of thioether (sulfide) groups is 1. The predicted molar refractivity (Wildman–Crippen MR) is 116 cm³/mol. The van der Waals surface area contributed by atoms with Crippen LogP contribution in [0.3, 0.4) is 0 Å². The molecule has 3 aromatic rings. The molecule has 0 radical (unpaired) electrons. The summed E-state index contributed by atoms with van der Waals surface area (Å²) in [4.78, 5) is 0. The minimum absolute atomic E-state index is 0.135. The highest BCUT2D eigenvalue weighted by Gasteiger charge is 2.14. The standard InChI is InChI=1S/C22H26ClN3OS/c1-5-26-20(14-27-19-11-9-17(10-12-19)22(2,3)4)24-25-21(26)28-15-16-7-6-8-18(23)13-16/h6-13H,5,14-15H2,1-4H3. The Kier molecular flexibility index (Phi) is 6.68. The molecule has 0 aliphatic carbocycles. The molecule has 1 heterocycles. The van der Waals surface area contributed by atoms with Gasteiger partial charge in [0, 0.05) is 17.3 Å². The van der Waals surface area contributed by atoms with Crippen LogP contribution in [0, 0.1) is 0 Å². The molecule has 148 valence electrons. The summed E-state index contributed by atoms with van der Waals surface area (Å²) in [7, 11) is 0. The largest absolute Gasteiger partial charge is 0.486 e. The first-order chi connectivity index (χ1) is 13.4. The molecule has 28 heavy (non-hydrogen) atoms. The normalized spacial score (nSPS) is 11.6. The van der Waals surface area contributed by atoms with Gasteiger partial charge in [0.15, 0.2) is 11.0 Å². The quantitative estimate of drug-likeness (QED) is 0.436. The molecule has 0 unspecified atom stereocenters. The SMILES string of the molecule is CCn1c(COc2ccc(C(C)(C)C)cc2)nnc1SCc1cccc(Cl)c1. The number of hydrogen-bond donors (Lipinski definition) is 0. The Morgan fingerprint density at radius 2 is 1.82 bits per heavy atom. The highest BCUT2D eigenvalue weighted by atomic mass is 35.5. The fourth-order valence-electron chi connectivity index (χ4n) is 2.82. The van der Waals surface area contributed by atoms with Crippen LogP contribution < -0.4 is 4.74 Å². The molecule has 1 aromatic heterocycles. The molecule has 0 saturated carbocycles. The molecule has 2 aromatic carbocycles. The lowest BCUT2D eigenvalue weighted by atomic mass is 9.87. The van der Waals surface area contributed by atoms with E-state index >= 15 is 0 Å². The summed E-state index contributed by atoms with van der Waals surface area (Å²) in [5.41, 5.74) is 2.59. The maximum absolute atomic E-state index is 6.06. The summed E-state index contributed by atoms with van der Waals surface area (Å²) >= 11 is 7.72. The lowest BCUT2D eigenvalue weighted by Crippen LogP contribution is -2.11. The zero-order valence-electron chi connectivity index (χ0n) is 16.8. The summed E-state index contributed by atoms with van der Waals surface area (Å²) in [6.07, 6.45) is 0. The van der Waals surface area contributed by atoms with E-state index in [2.05, 4.69) is 60.7 Å². The van der Waals surface area contributed by atoms with Crippen LogP contribution in [0.15, 0.2) is 53.7 Å². The summed E-state index contributed by atoms with van der Waals surface area (Å²) in [6.45, 7) is 9.90. The van der Waals surface area contributed by atoms with Crippen LogP contribution in [-0.4, -0.2) is 14.8 Å². The van der Waals surface area contributed by atoms with Gasteiger partial charge >= 0.3 is 0 Å². The molecule has 6 heteroatoms. The minimum atomic E-state index is 0.135. The molecule has 0 aliphatic rings. The molecular weight excluding hydrogens is 390 g/mol. The predicted octanol–water partition coefficient (Wildman–Crippen LogP) is 6.12. The maximum atomic E-state index is 6.06. The first-order valence-electron chi connectivity index (χ1n) is 9.39. The van der Waals surface area contributed by atoms with E-state index in [1.54, 1.807) is 11.8 Å². The van der Waals surface area contributed by atoms with E-state index in [9.17, 15) is 0 Å². The number of hydrogen-bond acceptors (Lipinski definition) is 4. The van der Waals surface area contributed by atoms with Crippen molar-refractivity contribution in [3.8, 4) is 5.75 Å². The van der Waals surface area contributed by atoms with Crippen molar-refractivity contribution in [2.24, 2.45) is 0 Å². The molecule has 4 nitrogen and oxygen atoms in total. The summed E-state index contributed by atoms with van der Waals surface area (Å²) in [6, 6.07) is 16.2. The van der Waals surface area contributed by atoms with E-state index in [0.29, 0.717) is 6.61 Å². The van der Waals surface area contributed by atoms with Crippen LogP contribution in [0.2, 0.25) is 5.02 Å². The molecule has 3 rings (SSSR count). The first kappa shape index (κ1) is 20.7. The Hall–Kier alpha value is -1.98. The first-order valence-corrected chi connectivity index (χ1v) is 10.8. The van der Waals surface area contributed by atoms with Crippen molar-refractivity contribution >= 4 is 23.4 Å². The van der Waals surface area contributed by atoms with Crippen molar-refractivity contribution in [2.75, 3.05) is 0 Å². The zero-order valence-corrected chi connectivity index (χ0v) is 18.3. The van der Waals surface area contributed by atoms with Gasteiger partial charge < -0.3 is 9.30 Å². The molecule has 0 saturated heterocycles. The summed E-state index contributed by atoms with van der Waals surface area (Å²) < 4.78 is 8.04. The van der Waals surface area contributed by atoms with Gasteiger partial charge in [0.2, 0.25) is 0 Å². The van der Waals surface area contributed by atoms with E-state index in [-0.39, 0.29) is 5.41 Å². The fourth-order valence-corrected chi connectivity index (χ4v) is 4.00. The van der Waals surface area contributed by atoms with Crippen molar-refractivity contribution < 1.29 is 4.74 Å². The minimum Gasteiger partial charge on any atom is -0.486 e. The highest BCUT2D eigenvalue weighted by molar-refractivity contribution is 7.98. The van der Waals surface area contributed by atoms with Gasteiger partial charge in [-0.05, 0) is 47.7 Å². The van der Waals surface area contributed by atoms with Gasteiger partial charge in [-0.1, -0.05) is 68.4 Å². The van der Waals surface area contributed by atoms with E-state index in [1.807, 2.05) is 30.3 Å². The number of rotatable bonds is 7. The van der Waals surface area contributed by atoms with Crippen LogP contribution >= 0.6 is 23.4 Å². The second kappa shape index (κ2) is 9.01. The van der Waals surface area contributed by atoms with Crippen LogP contribution in [0.1, 0.15) is 44.6 Å². The zero-order chi connectivity index (χ0) is 20.1. The number of aromatic nitrogens is 3. The number of nitrogens with zero attached hydrogens (tertiary/aromatic N) is 3. The molecular formula is C22H26ClN3OS. The molecule has 0 N–H and O–H groups in total. The van der Waals surface area contributed by atoms with Gasteiger partial charge in [0.05, 0.1) is 0 Å². The Morgan fingerprint density at radius 3 is 2.46 bits per heavy atom. The van der Waals surface area contributed by atoms with Crippen molar-refractivity contribution in [1.82, 2.24) is 14.8 Å². The molecule has 0 aliphatic heterocycles. The smallest absolute Gasteiger partial charge is 0.191 e. The third kappa shape index (κ3) is 5.30. The lowest BCUT2D eigenvalue weighted by molar-refractivity contribution is 0.288. The van der Waals surface area contributed by atoms with Crippen LogP contribution in [0.25, 0.3) is 0 Å². The highest BCUT2D eigenvalue weighted by Crippen LogP contribution is 2.26. The van der Waals surface area contributed by atoms with Gasteiger partial charge in [-0.15, -0.1) is 10.2 Å². The van der Waals surface area contributed by atoms with Crippen LogP contribution in [0.4, 0.5) is 0 Å². The van der Waals surface area contributed by atoms with Gasteiger partial charge in [0.1, 0.15) is 12.4 Å². The molecule has 0 fully saturated rings. The fraction of sp³-hybridized carbons (Fsp3) is 0.364. The monoisotopic (exact) mass is 415 g/mol. The van der Waals surface area contributed by atoms with E-state index in [4.69, 9.17) is 16.3 Å². The van der Waals surface area contributed by atoms with E-state index in [1.165, 1.54) is 11.1 Å². The van der Waals surface area contributed by atoms with Crippen LogP contribution in [0.5, 0.6) is 5.75 Å². The van der Waals surface area contributed by atoms with Gasteiger partial charge in [-0.25, -0.2) is 0 Å². The number of halogens is 1. The number of benzene rings is 2. The number of ether oxygens (including phenoxy) is 1. The Morgan fingerprint density at radius 1 is 1.07 bits per heavy atom. The maximum Gasteiger partial charge on any atom is 0.191 e. The van der Waals surface area contributed by atoms with Crippen LogP contribution in [-0.2, 0) is 24.3 Å². The molecule has 0 amide bonds. The second-order valence-electron chi connectivity index (χ2n) is 7.62. The van der Waals surface area contributed by atoms with Gasteiger partial charge in [-0.3, -0.25) is 0 Å². The third-order valence-corrected chi connectivity index (χ3v) is 5.73. The summed E-state index contributed by atoms with van der Waals surface area (Å²) in [5, 5.41) is 10.3. The van der Waals surface area contributed by atoms with Gasteiger partial charge in [0.25, 0.3) is 0 Å². The third-order valence-electron chi connectivity index (χ3n) is 4.45. The van der Waals surface area contributed by atoms with Crippen molar-refractivity contribution in [1.29, 1.82) is 0 Å². The van der Waals surface area contributed by atoms with Crippen molar-refractivity contribution in [2.45, 2.75) is 57.2 Å². The topological polar surface area (TPSA) is 39.9 Å². The summed E-state index contributed by atoms with van der Waals surface area (Å²) in [5.74, 6) is 2.47. The van der Waals surface area contributed by atoms with E-state index < -0.39 is 0 Å². The average molecular weight is 416 g/mol.